The van der Waals surface area contributed by atoms with Crippen LogP contribution in [0, 0.1) is 6.92 Å². The Bertz CT molecular complexity index is 734. The highest BCUT2D eigenvalue weighted by molar-refractivity contribution is 7.08. The monoisotopic (exact) mass is 357 g/mol. The summed E-state index contributed by atoms with van der Waals surface area (Å²) in [4.78, 5) is 28.3. The van der Waals surface area contributed by atoms with Crippen molar-refractivity contribution in [2.24, 2.45) is 0 Å². The molecule has 4 heterocycles. The maximum Gasteiger partial charge on any atom is 0.254 e. The minimum absolute atomic E-state index is 0.137. The number of aryl methyl sites for hydroxylation is 1. The van der Waals surface area contributed by atoms with Gasteiger partial charge in [0.05, 0.1) is 5.56 Å². The maximum absolute atomic E-state index is 12.5. The number of amides is 1. The van der Waals surface area contributed by atoms with Gasteiger partial charge in [-0.25, -0.2) is 9.97 Å². The number of thiophene rings is 1. The zero-order valence-corrected chi connectivity index (χ0v) is 15.3. The first-order valence-electron chi connectivity index (χ1n) is 8.88. The summed E-state index contributed by atoms with van der Waals surface area (Å²) in [6.45, 7) is 7.21. The summed E-state index contributed by atoms with van der Waals surface area (Å²) in [5, 5.41) is 3.87. The van der Waals surface area contributed by atoms with Crippen molar-refractivity contribution in [2.45, 2.75) is 19.8 Å². The molecule has 0 aromatic carbocycles. The van der Waals surface area contributed by atoms with E-state index < -0.39 is 0 Å². The van der Waals surface area contributed by atoms with E-state index in [1.54, 1.807) is 11.3 Å². The topological polar surface area (TPSA) is 52.6 Å². The van der Waals surface area contributed by atoms with Gasteiger partial charge in [-0.1, -0.05) is 0 Å². The summed E-state index contributed by atoms with van der Waals surface area (Å²) < 4.78 is 0. The van der Waals surface area contributed by atoms with E-state index in [4.69, 9.17) is 0 Å². The summed E-state index contributed by atoms with van der Waals surface area (Å²) in [6.07, 6.45) is 2.48. The molecule has 6 nitrogen and oxygen atoms in total. The summed E-state index contributed by atoms with van der Waals surface area (Å²) >= 11 is 1.57. The standard InChI is InChI=1S/C18H23N5OS/c1-14-19-16(21-5-2-3-6-21)12-17(20-14)22-7-9-23(10-8-22)18(24)15-4-11-25-13-15/h4,11-13H,2-3,5-10H2,1H3. The largest absolute Gasteiger partial charge is 0.356 e. The fraction of sp³-hybridized carbons (Fsp3) is 0.500. The number of carbonyl (C=O) groups is 1. The van der Waals surface area contributed by atoms with E-state index in [2.05, 4.69) is 25.8 Å². The van der Waals surface area contributed by atoms with Gasteiger partial charge in [-0.05, 0) is 31.2 Å². The van der Waals surface area contributed by atoms with E-state index in [1.165, 1.54) is 12.8 Å². The zero-order valence-electron chi connectivity index (χ0n) is 14.5. The van der Waals surface area contributed by atoms with E-state index in [-0.39, 0.29) is 5.91 Å². The Balaban J connectivity index is 1.44. The van der Waals surface area contributed by atoms with Crippen LogP contribution in [0.25, 0.3) is 0 Å². The van der Waals surface area contributed by atoms with Crippen molar-refractivity contribution in [3.8, 4) is 0 Å². The molecule has 0 spiro atoms. The number of anilines is 2. The van der Waals surface area contributed by atoms with Crippen molar-refractivity contribution in [2.75, 3.05) is 49.1 Å². The summed E-state index contributed by atoms with van der Waals surface area (Å²) in [7, 11) is 0. The molecule has 2 aliphatic heterocycles. The van der Waals surface area contributed by atoms with Gasteiger partial charge in [-0.3, -0.25) is 4.79 Å². The minimum Gasteiger partial charge on any atom is -0.356 e. The molecule has 132 valence electrons. The van der Waals surface area contributed by atoms with Crippen molar-refractivity contribution in [1.82, 2.24) is 14.9 Å². The smallest absolute Gasteiger partial charge is 0.254 e. The summed E-state index contributed by atoms with van der Waals surface area (Å²) in [5.74, 6) is 2.97. The van der Waals surface area contributed by atoms with Gasteiger partial charge in [0.1, 0.15) is 17.5 Å². The van der Waals surface area contributed by atoms with Crippen LogP contribution in [0.3, 0.4) is 0 Å². The third-order valence-corrected chi connectivity index (χ3v) is 5.58. The zero-order chi connectivity index (χ0) is 17.2. The molecule has 7 heteroatoms. The van der Waals surface area contributed by atoms with E-state index >= 15 is 0 Å². The van der Waals surface area contributed by atoms with Crippen LogP contribution in [0.1, 0.15) is 29.0 Å². The van der Waals surface area contributed by atoms with Crippen LogP contribution in [0.4, 0.5) is 11.6 Å². The quantitative estimate of drug-likeness (QED) is 0.844. The number of carbonyl (C=O) groups excluding carboxylic acids is 1. The second-order valence-electron chi connectivity index (χ2n) is 6.62. The van der Waals surface area contributed by atoms with E-state index in [1.807, 2.05) is 28.7 Å². The first kappa shape index (κ1) is 16.3. The van der Waals surface area contributed by atoms with Gasteiger partial charge >= 0.3 is 0 Å². The highest BCUT2D eigenvalue weighted by Gasteiger charge is 2.24. The lowest BCUT2D eigenvalue weighted by Crippen LogP contribution is -2.49. The van der Waals surface area contributed by atoms with Gasteiger partial charge in [0.25, 0.3) is 5.91 Å². The number of nitrogens with zero attached hydrogens (tertiary/aromatic N) is 5. The van der Waals surface area contributed by atoms with Crippen LogP contribution in [0.5, 0.6) is 0 Å². The molecular formula is C18H23N5OS. The van der Waals surface area contributed by atoms with Gasteiger partial charge < -0.3 is 14.7 Å². The SMILES string of the molecule is Cc1nc(N2CCCC2)cc(N2CCN(C(=O)c3ccsc3)CC2)n1. The van der Waals surface area contributed by atoms with Crippen LogP contribution < -0.4 is 9.80 Å². The number of rotatable bonds is 3. The van der Waals surface area contributed by atoms with Crippen LogP contribution in [0.2, 0.25) is 0 Å². The van der Waals surface area contributed by atoms with E-state index in [0.717, 1.165) is 62.3 Å². The lowest BCUT2D eigenvalue weighted by Gasteiger charge is -2.35. The van der Waals surface area contributed by atoms with Crippen molar-refractivity contribution in [3.05, 3.63) is 34.3 Å². The Morgan fingerprint density at radius 1 is 1.00 bits per heavy atom. The molecule has 4 rings (SSSR count). The third-order valence-electron chi connectivity index (χ3n) is 4.90. The Labute approximate surface area is 152 Å². The highest BCUT2D eigenvalue weighted by atomic mass is 32.1. The van der Waals surface area contributed by atoms with Gasteiger partial charge in [0, 0.05) is 50.7 Å². The third kappa shape index (κ3) is 3.46. The summed E-state index contributed by atoms with van der Waals surface area (Å²) in [6, 6.07) is 4.00. The van der Waals surface area contributed by atoms with Gasteiger partial charge in [0.15, 0.2) is 0 Å². The van der Waals surface area contributed by atoms with Crippen LogP contribution in [0.15, 0.2) is 22.9 Å². The Hall–Kier alpha value is -2.15. The maximum atomic E-state index is 12.5. The van der Waals surface area contributed by atoms with Crippen LogP contribution in [-0.4, -0.2) is 60.0 Å². The Morgan fingerprint density at radius 2 is 1.64 bits per heavy atom. The van der Waals surface area contributed by atoms with Crippen molar-refractivity contribution in [1.29, 1.82) is 0 Å². The van der Waals surface area contributed by atoms with Crippen molar-refractivity contribution >= 4 is 28.9 Å². The molecular weight excluding hydrogens is 334 g/mol. The Morgan fingerprint density at radius 3 is 2.24 bits per heavy atom. The molecule has 2 aliphatic rings. The molecule has 2 aromatic rings. The summed E-state index contributed by atoms with van der Waals surface area (Å²) in [5.41, 5.74) is 0.799. The molecule has 2 fully saturated rings. The molecule has 0 unspecified atom stereocenters. The molecule has 0 N–H and O–H groups in total. The normalized spacial score (nSPS) is 18.0. The van der Waals surface area contributed by atoms with Crippen LogP contribution >= 0.6 is 11.3 Å². The lowest BCUT2D eigenvalue weighted by molar-refractivity contribution is 0.0747. The average molecular weight is 357 g/mol. The minimum atomic E-state index is 0.137. The second kappa shape index (κ2) is 7.00. The molecule has 0 radical (unpaired) electrons. The fourth-order valence-corrected chi connectivity index (χ4v) is 4.14. The predicted octanol–water partition coefficient (Wildman–Crippen LogP) is 2.41. The fourth-order valence-electron chi connectivity index (χ4n) is 3.51. The average Bonchev–Trinajstić information content (AvgIpc) is 3.34. The first-order valence-corrected chi connectivity index (χ1v) is 9.82. The molecule has 0 saturated carbocycles. The number of hydrogen-bond acceptors (Lipinski definition) is 6. The van der Waals surface area contributed by atoms with Crippen LogP contribution in [-0.2, 0) is 0 Å². The predicted molar refractivity (Wildman–Crippen MR) is 101 cm³/mol. The van der Waals surface area contributed by atoms with Crippen molar-refractivity contribution in [3.63, 3.8) is 0 Å². The van der Waals surface area contributed by atoms with Gasteiger partial charge in [-0.2, -0.15) is 11.3 Å². The Kier molecular flexibility index (Phi) is 4.57. The number of hydrogen-bond donors (Lipinski definition) is 0. The molecule has 25 heavy (non-hydrogen) atoms. The van der Waals surface area contributed by atoms with Gasteiger partial charge in [0.2, 0.25) is 0 Å². The molecule has 0 bridgehead atoms. The van der Waals surface area contributed by atoms with Gasteiger partial charge in [-0.15, -0.1) is 0 Å². The molecule has 0 aliphatic carbocycles. The van der Waals surface area contributed by atoms with Crippen molar-refractivity contribution < 1.29 is 4.79 Å². The molecule has 2 aromatic heterocycles. The second-order valence-corrected chi connectivity index (χ2v) is 7.40. The van der Waals surface area contributed by atoms with E-state index in [0.29, 0.717) is 0 Å². The molecule has 1 amide bonds. The number of aromatic nitrogens is 2. The molecule has 2 saturated heterocycles. The number of piperazine rings is 1. The molecule has 0 atom stereocenters. The first-order chi connectivity index (χ1) is 12.2. The van der Waals surface area contributed by atoms with E-state index in [9.17, 15) is 4.79 Å². The highest BCUT2D eigenvalue weighted by Crippen LogP contribution is 2.23. The lowest BCUT2D eigenvalue weighted by atomic mass is 10.2.